The summed E-state index contributed by atoms with van der Waals surface area (Å²) >= 11 is 4.75. The number of aromatic nitrogens is 2. The first-order valence-corrected chi connectivity index (χ1v) is 5.85. The predicted molar refractivity (Wildman–Crippen MR) is 73.3 cm³/mol. The fourth-order valence-electron chi connectivity index (χ4n) is 1.57. The van der Waals surface area contributed by atoms with Crippen LogP contribution in [-0.4, -0.2) is 27.4 Å². The van der Waals surface area contributed by atoms with Crippen LogP contribution in [0.15, 0.2) is 30.6 Å². The summed E-state index contributed by atoms with van der Waals surface area (Å²) < 4.78 is 0. The summed E-state index contributed by atoms with van der Waals surface area (Å²) in [5, 5.41) is 2.75. The van der Waals surface area contributed by atoms with Crippen molar-refractivity contribution in [2.75, 3.05) is 6.54 Å². The van der Waals surface area contributed by atoms with Gasteiger partial charge >= 0.3 is 0 Å². The van der Waals surface area contributed by atoms with Crippen molar-refractivity contribution in [2.24, 2.45) is 5.73 Å². The summed E-state index contributed by atoms with van der Waals surface area (Å²) in [6.45, 7) is 0.421. The number of thiocarbonyl (C=S) groups is 1. The van der Waals surface area contributed by atoms with Crippen LogP contribution in [0, 0.1) is 0 Å². The summed E-state index contributed by atoms with van der Waals surface area (Å²) in [6, 6.07) is 5.31. The monoisotopic (exact) mass is 260 g/mol. The van der Waals surface area contributed by atoms with Gasteiger partial charge in [0.25, 0.3) is 5.91 Å². The van der Waals surface area contributed by atoms with Crippen molar-refractivity contribution < 1.29 is 4.79 Å². The molecule has 0 aliphatic heterocycles. The van der Waals surface area contributed by atoms with E-state index >= 15 is 0 Å². The van der Waals surface area contributed by atoms with Crippen LogP contribution >= 0.6 is 12.2 Å². The van der Waals surface area contributed by atoms with Crippen LogP contribution in [0.2, 0.25) is 0 Å². The molecular formula is C12H12N4OS. The summed E-state index contributed by atoms with van der Waals surface area (Å²) in [5.74, 6) is -0.197. The van der Waals surface area contributed by atoms with Gasteiger partial charge in [-0.05, 0) is 12.1 Å². The van der Waals surface area contributed by atoms with E-state index in [1.165, 1.54) is 0 Å². The Morgan fingerprint density at radius 1 is 1.33 bits per heavy atom. The van der Waals surface area contributed by atoms with Crippen molar-refractivity contribution in [2.45, 2.75) is 6.42 Å². The molecule has 92 valence electrons. The molecule has 0 aliphatic rings. The summed E-state index contributed by atoms with van der Waals surface area (Å²) in [5.41, 5.74) is 7.15. The first-order chi connectivity index (χ1) is 8.68. The first kappa shape index (κ1) is 12.4. The zero-order valence-electron chi connectivity index (χ0n) is 9.59. The van der Waals surface area contributed by atoms with Crippen LogP contribution in [0.4, 0.5) is 0 Å². The Bertz CT molecular complexity index is 594. The van der Waals surface area contributed by atoms with E-state index in [1.54, 1.807) is 24.5 Å². The lowest BCUT2D eigenvalue weighted by atomic mass is 10.1. The lowest BCUT2D eigenvalue weighted by Crippen LogP contribution is -2.27. The quantitative estimate of drug-likeness (QED) is 0.803. The summed E-state index contributed by atoms with van der Waals surface area (Å²) in [4.78, 5) is 20.7. The van der Waals surface area contributed by atoms with Crippen molar-refractivity contribution in [3.63, 3.8) is 0 Å². The van der Waals surface area contributed by atoms with E-state index in [4.69, 9.17) is 18.0 Å². The second kappa shape index (κ2) is 5.50. The van der Waals surface area contributed by atoms with E-state index < -0.39 is 0 Å². The second-order valence-corrected chi connectivity index (χ2v) is 4.23. The molecule has 3 N–H and O–H groups in total. The Kier molecular flexibility index (Phi) is 3.78. The highest BCUT2D eigenvalue weighted by Gasteiger charge is 2.10. The molecule has 0 aliphatic carbocycles. The molecule has 0 bridgehead atoms. The molecule has 5 nitrogen and oxygen atoms in total. The highest BCUT2D eigenvalue weighted by Crippen LogP contribution is 2.13. The number of carbonyl (C=O) groups excluding carboxylic acids is 1. The summed E-state index contributed by atoms with van der Waals surface area (Å²) in [6.07, 6.45) is 3.64. The van der Waals surface area contributed by atoms with Gasteiger partial charge in [-0.2, -0.15) is 0 Å². The average molecular weight is 260 g/mol. The van der Waals surface area contributed by atoms with Crippen LogP contribution in [0.3, 0.4) is 0 Å². The minimum Gasteiger partial charge on any atom is -0.393 e. The van der Waals surface area contributed by atoms with Crippen molar-refractivity contribution in [3.8, 4) is 0 Å². The number of nitrogens with two attached hydrogens (primary N) is 1. The molecular weight excluding hydrogens is 248 g/mol. The number of amides is 1. The van der Waals surface area contributed by atoms with Crippen molar-refractivity contribution in [1.82, 2.24) is 15.3 Å². The molecule has 0 unspecified atom stereocenters. The number of rotatable bonds is 4. The van der Waals surface area contributed by atoms with E-state index in [0.29, 0.717) is 34.6 Å². The maximum atomic E-state index is 12.0. The molecule has 0 fully saturated rings. The topological polar surface area (TPSA) is 80.9 Å². The maximum Gasteiger partial charge on any atom is 0.253 e. The molecule has 1 aromatic carbocycles. The SMILES string of the molecule is NC(=S)CCNC(=O)c1cccc2nccnc12. The van der Waals surface area contributed by atoms with Gasteiger partial charge in [0, 0.05) is 25.4 Å². The summed E-state index contributed by atoms with van der Waals surface area (Å²) in [7, 11) is 0. The van der Waals surface area contributed by atoms with Crippen LogP contribution in [0.1, 0.15) is 16.8 Å². The number of nitrogens with zero attached hydrogens (tertiary/aromatic N) is 2. The Morgan fingerprint density at radius 3 is 2.89 bits per heavy atom. The number of carbonyl (C=O) groups is 1. The van der Waals surface area contributed by atoms with Crippen LogP contribution in [-0.2, 0) is 0 Å². The lowest BCUT2D eigenvalue weighted by Gasteiger charge is -2.06. The number of hydrogen-bond acceptors (Lipinski definition) is 4. The molecule has 2 rings (SSSR count). The van der Waals surface area contributed by atoms with Crippen LogP contribution in [0.25, 0.3) is 11.0 Å². The van der Waals surface area contributed by atoms with Gasteiger partial charge < -0.3 is 11.1 Å². The number of nitrogens with one attached hydrogen (secondary N) is 1. The number of hydrogen-bond donors (Lipinski definition) is 2. The standard InChI is InChI=1S/C12H12N4OS/c13-10(18)4-5-16-12(17)8-2-1-3-9-11(8)15-7-6-14-9/h1-3,6-7H,4-5H2,(H2,13,18)(H,16,17). The maximum absolute atomic E-state index is 12.0. The van der Waals surface area contributed by atoms with Crippen molar-refractivity contribution >= 4 is 34.1 Å². The normalized spacial score (nSPS) is 10.2. The van der Waals surface area contributed by atoms with E-state index in [-0.39, 0.29) is 5.91 Å². The highest BCUT2D eigenvalue weighted by atomic mass is 32.1. The minimum atomic E-state index is -0.197. The van der Waals surface area contributed by atoms with E-state index in [0.717, 1.165) is 0 Å². The molecule has 6 heteroatoms. The molecule has 1 amide bonds. The van der Waals surface area contributed by atoms with Gasteiger partial charge in [-0.25, -0.2) is 0 Å². The zero-order chi connectivity index (χ0) is 13.0. The number of fused-ring (bicyclic) bond motifs is 1. The Morgan fingerprint density at radius 2 is 2.11 bits per heavy atom. The molecule has 0 saturated heterocycles. The Balaban J connectivity index is 2.20. The zero-order valence-corrected chi connectivity index (χ0v) is 10.4. The fraction of sp³-hybridized carbons (Fsp3) is 0.167. The smallest absolute Gasteiger partial charge is 0.253 e. The number of para-hydroxylation sites is 1. The molecule has 0 saturated carbocycles. The molecule has 0 atom stereocenters. The Hall–Kier alpha value is -2.08. The van der Waals surface area contributed by atoms with Crippen LogP contribution in [0.5, 0.6) is 0 Å². The van der Waals surface area contributed by atoms with Gasteiger partial charge in [-0.15, -0.1) is 0 Å². The predicted octanol–water partition coefficient (Wildman–Crippen LogP) is 1.04. The third-order valence-electron chi connectivity index (χ3n) is 2.40. The molecule has 2 aromatic rings. The van der Waals surface area contributed by atoms with E-state index in [9.17, 15) is 4.79 Å². The lowest BCUT2D eigenvalue weighted by molar-refractivity contribution is 0.0956. The fourth-order valence-corrected chi connectivity index (χ4v) is 1.67. The van der Waals surface area contributed by atoms with Gasteiger partial charge in [0.05, 0.1) is 16.1 Å². The largest absolute Gasteiger partial charge is 0.393 e. The Labute approximate surface area is 109 Å². The molecule has 0 spiro atoms. The third-order valence-corrected chi connectivity index (χ3v) is 2.60. The second-order valence-electron chi connectivity index (χ2n) is 3.70. The van der Waals surface area contributed by atoms with Gasteiger partial charge in [0.15, 0.2) is 0 Å². The van der Waals surface area contributed by atoms with Crippen molar-refractivity contribution in [1.29, 1.82) is 0 Å². The third kappa shape index (κ3) is 2.78. The number of benzene rings is 1. The van der Waals surface area contributed by atoms with Crippen LogP contribution < -0.4 is 11.1 Å². The van der Waals surface area contributed by atoms with Gasteiger partial charge in [-0.1, -0.05) is 18.3 Å². The minimum absolute atomic E-state index is 0.197. The van der Waals surface area contributed by atoms with Gasteiger partial charge in [0.1, 0.15) is 5.52 Å². The van der Waals surface area contributed by atoms with Crippen molar-refractivity contribution in [3.05, 3.63) is 36.2 Å². The van der Waals surface area contributed by atoms with E-state index in [1.807, 2.05) is 6.07 Å². The molecule has 0 radical (unpaired) electrons. The average Bonchev–Trinajstić information content (AvgIpc) is 2.37. The molecule has 1 aromatic heterocycles. The van der Waals surface area contributed by atoms with Gasteiger partial charge in [0.2, 0.25) is 0 Å². The molecule has 1 heterocycles. The van der Waals surface area contributed by atoms with E-state index in [2.05, 4.69) is 15.3 Å². The highest BCUT2D eigenvalue weighted by molar-refractivity contribution is 7.80. The first-order valence-electron chi connectivity index (χ1n) is 5.44. The molecule has 18 heavy (non-hydrogen) atoms. The van der Waals surface area contributed by atoms with Gasteiger partial charge in [-0.3, -0.25) is 14.8 Å².